The molecular weight excluding hydrogens is 306 g/mol. The highest BCUT2D eigenvalue weighted by Crippen LogP contribution is 2.19. The van der Waals surface area contributed by atoms with Crippen molar-refractivity contribution < 1.29 is 14.6 Å². The number of piperidine rings is 1. The molecule has 2 atom stereocenters. The van der Waals surface area contributed by atoms with Gasteiger partial charge >= 0.3 is 6.09 Å². The van der Waals surface area contributed by atoms with Crippen LogP contribution in [0, 0.1) is 0 Å². The normalized spacial score (nSPS) is 27.3. The number of hydrogen-bond acceptors (Lipinski definition) is 5. The molecule has 0 aromatic carbocycles. The summed E-state index contributed by atoms with van der Waals surface area (Å²) in [5.74, 6) is 0. The number of ether oxygens (including phenoxy) is 1. The number of piperazine rings is 1. The predicted octanol–water partition coefficient (Wildman–Crippen LogP) is 2.12. The average molecular weight is 341 g/mol. The van der Waals surface area contributed by atoms with E-state index in [9.17, 15) is 9.90 Å². The Labute approximate surface area is 146 Å². The van der Waals surface area contributed by atoms with E-state index in [1.807, 2.05) is 27.7 Å². The number of amides is 1. The van der Waals surface area contributed by atoms with Gasteiger partial charge in [-0.2, -0.15) is 0 Å². The number of likely N-dealkylation sites (tertiary alicyclic amines) is 1. The number of hydrogen-bond donors (Lipinski definition) is 1. The summed E-state index contributed by atoms with van der Waals surface area (Å²) in [6, 6.07) is -0.247. The van der Waals surface area contributed by atoms with Crippen molar-refractivity contribution in [2.24, 2.45) is 0 Å². The Morgan fingerprint density at radius 1 is 1.08 bits per heavy atom. The maximum absolute atomic E-state index is 12.3. The van der Waals surface area contributed by atoms with Crippen LogP contribution in [0.25, 0.3) is 0 Å². The number of carbonyl (C=O) groups excluding carboxylic acids is 1. The van der Waals surface area contributed by atoms with E-state index in [4.69, 9.17) is 4.74 Å². The molecule has 1 N–H and O–H groups in total. The van der Waals surface area contributed by atoms with Crippen LogP contribution < -0.4 is 0 Å². The van der Waals surface area contributed by atoms with Crippen molar-refractivity contribution in [3.63, 3.8) is 0 Å². The third kappa shape index (κ3) is 5.60. The van der Waals surface area contributed by atoms with E-state index >= 15 is 0 Å². The summed E-state index contributed by atoms with van der Waals surface area (Å²) in [7, 11) is 0. The molecule has 2 unspecified atom stereocenters. The molecule has 24 heavy (non-hydrogen) atoms. The Kier molecular flexibility index (Phi) is 6.89. The zero-order valence-electron chi connectivity index (χ0n) is 15.8. The first-order chi connectivity index (χ1) is 11.3. The van der Waals surface area contributed by atoms with Gasteiger partial charge in [-0.1, -0.05) is 6.42 Å². The monoisotopic (exact) mass is 341 g/mol. The van der Waals surface area contributed by atoms with E-state index in [1.54, 1.807) is 4.90 Å². The second-order valence-corrected chi connectivity index (χ2v) is 8.12. The van der Waals surface area contributed by atoms with E-state index < -0.39 is 11.8 Å². The van der Waals surface area contributed by atoms with Crippen molar-refractivity contribution >= 4 is 6.09 Å². The van der Waals surface area contributed by atoms with Gasteiger partial charge < -0.3 is 19.6 Å². The van der Waals surface area contributed by atoms with Crippen LogP contribution in [0.3, 0.4) is 0 Å². The lowest BCUT2D eigenvalue weighted by atomic mass is 10.1. The summed E-state index contributed by atoms with van der Waals surface area (Å²) in [4.78, 5) is 18.5. The van der Waals surface area contributed by atoms with Crippen LogP contribution >= 0.6 is 0 Å². The molecule has 1 amide bonds. The zero-order chi connectivity index (χ0) is 17.7. The van der Waals surface area contributed by atoms with Gasteiger partial charge in [-0.3, -0.25) is 4.90 Å². The molecule has 2 heterocycles. The largest absolute Gasteiger partial charge is 0.444 e. The Balaban J connectivity index is 1.76. The minimum absolute atomic E-state index is 0.247. The van der Waals surface area contributed by atoms with E-state index in [2.05, 4.69) is 9.80 Å². The third-order valence-electron chi connectivity index (χ3n) is 4.92. The molecular formula is C18H35N3O3. The fraction of sp³-hybridized carbons (Fsp3) is 0.944. The van der Waals surface area contributed by atoms with Gasteiger partial charge in [-0.25, -0.2) is 4.79 Å². The van der Waals surface area contributed by atoms with Crippen LogP contribution in [-0.2, 0) is 4.74 Å². The van der Waals surface area contributed by atoms with Crippen LogP contribution in [-0.4, -0.2) is 83.0 Å². The van der Waals surface area contributed by atoms with Crippen molar-refractivity contribution in [1.29, 1.82) is 0 Å². The minimum Gasteiger partial charge on any atom is -0.444 e. The molecule has 0 saturated carbocycles. The Morgan fingerprint density at radius 2 is 1.75 bits per heavy atom. The zero-order valence-corrected chi connectivity index (χ0v) is 15.8. The summed E-state index contributed by atoms with van der Waals surface area (Å²) in [5, 5.41) is 10.6. The van der Waals surface area contributed by atoms with Crippen LogP contribution in [0.1, 0.15) is 53.4 Å². The molecule has 0 spiro atoms. The lowest BCUT2D eigenvalue weighted by Crippen LogP contribution is -2.60. The molecule has 0 aliphatic carbocycles. The van der Waals surface area contributed by atoms with Crippen LogP contribution in [0.15, 0.2) is 0 Å². The van der Waals surface area contributed by atoms with Crippen LogP contribution in [0.4, 0.5) is 4.79 Å². The molecule has 2 rings (SSSR count). The lowest BCUT2D eigenvalue weighted by Gasteiger charge is -2.44. The highest BCUT2D eigenvalue weighted by molar-refractivity contribution is 5.68. The Morgan fingerprint density at radius 3 is 2.38 bits per heavy atom. The topological polar surface area (TPSA) is 56.2 Å². The number of nitrogens with zero attached hydrogens (tertiary/aromatic N) is 3. The van der Waals surface area contributed by atoms with Gasteiger partial charge in [0.2, 0.25) is 0 Å². The van der Waals surface area contributed by atoms with Crippen molar-refractivity contribution in [1.82, 2.24) is 14.7 Å². The average Bonchev–Trinajstić information content (AvgIpc) is 2.51. The van der Waals surface area contributed by atoms with Gasteiger partial charge in [0.1, 0.15) is 11.8 Å². The first kappa shape index (κ1) is 19.5. The summed E-state index contributed by atoms with van der Waals surface area (Å²) >= 11 is 0. The maximum atomic E-state index is 12.3. The van der Waals surface area contributed by atoms with Crippen molar-refractivity contribution in [3.05, 3.63) is 0 Å². The molecule has 0 radical (unpaired) electrons. The third-order valence-corrected chi connectivity index (χ3v) is 4.92. The van der Waals surface area contributed by atoms with Gasteiger partial charge in [0.05, 0.1) is 6.04 Å². The van der Waals surface area contributed by atoms with E-state index in [-0.39, 0.29) is 12.1 Å². The fourth-order valence-electron chi connectivity index (χ4n) is 3.54. The van der Waals surface area contributed by atoms with E-state index in [1.165, 1.54) is 32.4 Å². The molecule has 2 saturated heterocycles. The van der Waals surface area contributed by atoms with Crippen molar-refractivity contribution in [2.45, 2.75) is 71.2 Å². The SMILES string of the molecule is CC1C(O)N(CCCN2CCCCC2)CCN1C(=O)OC(C)(C)C. The predicted molar refractivity (Wildman–Crippen MR) is 94.9 cm³/mol. The Hall–Kier alpha value is -0.850. The maximum Gasteiger partial charge on any atom is 0.410 e. The lowest BCUT2D eigenvalue weighted by molar-refractivity contribution is -0.0930. The van der Waals surface area contributed by atoms with Gasteiger partial charge in [0.25, 0.3) is 0 Å². The van der Waals surface area contributed by atoms with Gasteiger partial charge in [0.15, 0.2) is 0 Å². The molecule has 0 aromatic rings. The smallest absolute Gasteiger partial charge is 0.410 e. The van der Waals surface area contributed by atoms with Gasteiger partial charge in [0, 0.05) is 19.6 Å². The first-order valence-electron chi connectivity index (χ1n) is 9.42. The molecule has 2 aliphatic rings. The van der Waals surface area contributed by atoms with Crippen molar-refractivity contribution in [3.8, 4) is 0 Å². The fourth-order valence-corrected chi connectivity index (χ4v) is 3.54. The second kappa shape index (κ2) is 8.50. The molecule has 6 nitrogen and oxygen atoms in total. The number of carbonyl (C=O) groups is 1. The van der Waals surface area contributed by atoms with Crippen LogP contribution in [0.2, 0.25) is 0 Å². The van der Waals surface area contributed by atoms with Crippen LogP contribution in [0.5, 0.6) is 0 Å². The van der Waals surface area contributed by atoms with Gasteiger partial charge in [-0.15, -0.1) is 0 Å². The molecule has 0 bridgehead atoms. The van der Waals surface area contributed by atoms with E-state index in [0.717, 1.165) is 19.5 Å². The summed E-state index contributed by atoms with van der Waals surface area (Å²) < 4.78 is 5.44. The standard InChI is InChI=1S/C18H35N3O3/c1-15-16(22)20(12-8-11-19-9-6-5-7-10-19)13-14-21(15)17(23)24-18(2,3)4/h15-16,22H,5-14H2,1-4H3. The van der Waals surface area contributed by atoms with E-state index in [0.29, 0.717) is 13.1 Å². The number of aliphatic hydroxyl groups is 1. The molecule has 140 valence electrons. The molecule has 6 heteroatoms. The quantitative estimate of drug-likeness (QED) is 0.849. The highest BCUT2D eigenvalue weighted by Gasteiger charge is 2.36. The second-order valence-electron chi connectivity index (χ2n) is 8.12. The first-order valence-corrected chi connectivity index (χ1v) is 9.42. The highest BCUT2D eigenvalue weighted by atomic mass is 16.6. The minimum atomic E-state index is -0.618. The Bertz CT molecular complexity index is 405. The molecule has 2 fully saturated rings. The molecule has 2 aliphatic heterocycles. The number of rotatable bonds is 4. The molecule has 0 aromatic heterocycles. The summed E-state index contributed by atoms with van der Waals surface area (Å²) in [6.45, 7) is 13.2. The van der Waals surface area contributed by atoms with Crippen molar-refractivity contribution in [2.75, 3.05) is 39.3 Å². The summed E-state index contributed by atoms with van der Waals surface area (Å²) in [5.41, 5.74) is -0.507. The summed E-state index contributed by atoms with van der Waals surface area (Å²) in [6.07, 6.45) is 4.10. The number of aliphatic hydroxyl groups excluding tert-OH is 1. The van der Waals surface area contributed by atoms with Gasteiger partial charge in [-0.05, 0) is 66.6 Å².